The van der Waals surface area contributed by atoms with E-state index >= 15 is 0 Å². The van der Waals surface area contributed by atoms with Crippen molar-refractivity contribution in [3.63, 3.8) is 0 Å². The Labute approximate surface area is 113 Å². The van der Waals surface area contributed by atoms with Gasteiger partial charge in [-0.1, -0.05) is 0 Å². The molecule has 0 fully saturated rings. The van der Waals surface area contributed by atoms with Crippen molar-refractivity contribution >= 4 is 43.5 Å². The number of amides is 1. The van der Waals surface area contributed by atoms with Crippen LogP contribution in [0.5, 0.6) is 0 Å². The summed E-state index contributed by atoms with van der Waals surface area (Å²) in [5.74, 6) is -0.804. The van der Waals surface area contributed by atoms with Gasteiger partial charge in [0.25, 0.3) is 5.91 Å². The number of hydrogen-bond acceptors (Lipinski definition) is 2. The molecule has 2 rings (SSSR count). The topological polar surface area (TPSA) is 42.2 Å². The molecule has 1 aromatic heterocycles. The van der Waals surface area contributed by atoms with Gasteiger partial charge in [0, 0.05) is 5.69 Å². The molecule has 0 aliphatic carbocycles. The molecule has 0 saturated carbocycles. The summed E-state index contributed by atoms with van der Waals surface area (Å²) in [6.45, 7) is 0. The molecule has 0 aliphatic heterocycles. The van der Waals surface area contributed by atoms with E-state index in [1.165, 1.54) is 24.5 Å². The first-order valence-electron chi connectivity index (χ1n) is 4.57. The number of halogens is 3. The zero-order chi connectivity index (χ0) is 12.4. The second-order valence-electron chi connectivity index (χ2n) is 3.19. The van der Waals surface area contributed by atoms with Crippen LogP contribution in [0.1, 0.15) is 10.4 Å². The molecule has 88 valence electrons. The maximum atomic E-state index is 13.2. The Morgan fingerprint density at radius 3 is 2.65 bits per heavy atom. The third-order valence-corrected chi connectivity index (χ3v) is 3.30. The van der Waals surface area contributed by atoms with Crippen LogP contribution in [0.25, 0.3) is 0 Å². The van der Waals surface area contributed by atoms with E-state index in [0.29, 0.717) is 20.4 Å². The third-order valence-electron chi connectivity index (χ3n) is 2.04. The van der Waals surface area contributed by atoms with Gasteiger partial charge >= 0.3 is 0 Å². The van der Waals surface area contributed by atoms with Crippen molar-refractivity contribution in [2.75, 3.05) is 5.32 Å². The van der Waals surface area contributed by atoms with E-state index < -0.39 is 5.82 Å². The highest BCUT2D eigenvalue weighted by molar-refractivity contribution is 9.10. The quantitative estimate of drug-likeness (QED) is 0.870. The predicted molar refractivity (Wildman–Crippen MR) is 68.5 cm³/mol. The lowest BCUT2D eigenvalue weighted by molar-refractivity contribution is 0.102. The molecule has 1 amide bonds. The highest BCUT2D eigenvalue weighted by Gasteiger charge is 2.13. The lowest BCUT2D eigenvalue weighted by atomic mass is 10.2. The van der Waals surface area contributed by atoms with Crippen molar-refractivity contribution in [3.8, 4) is 0 Å². The minimum atomic E-state index is -0.436. The van der Waals surface area contributed by atoms with Crippen molar-refractivity contribution in [2.45, 2.75) is 0 Å². The highest BCUT2D eigenvalue weighted by Crippen LogP contribution is 2.22. The lowest BCUT2D eigenvalue weighted by Crippen LogP contribution is -2.11. The van der Waals surface area contributed by atoms with E-state index in [1.807, 2.05) is 0 Å². The van der Waals surface area contributed by atoms with Crippen LogP contribution in [0.3, 0.4) is 0 Å². The van der Waals surface area contributed by atoms with Gasteiger partial charge in [-0.3, -0.25) is 4.79 Å². The van der Waals surface area contributed by atoms with Crippen molar-refractivity contribution in [2.24, 2.45) is 0 Å². The van der Waals surface area contributed by atoms with Crippen LogP contribution in [0, 0.1) is 5.82 Å². The van der Waals surface area contributed by atoms with Gasteiger partial charge in [0.15, 0.2) is 4.67 Å². The van der Waals surface area contributed by atoms with E-state index in [9.17, 15) is 9.18 Å². The molecule has 1 N–H and O–H groups in total. The van der Waals surface area contributed by atoms with Gasteiger partial charge in [-0.25, -0.2) is 4.39 Å². The molecule has 0 spiro atoms. The highest BCUT2D eigenvalue weighted by atomic mass is 79.9. The number of nitrogens with one attached hydrogen (secondary N) is 1. The molecule has 0 bridgehead atoms. The third kappa shape index (κ3) is 2.76. The van der Waals surface area contributed by atoms with Gasteiger partial charge in [0.2, 0.25) is 0 Å². The molecular weight excluding hydrogens is 357 g/mol. The van der Waals surface area contributed by atoms with Crippen LogP contribution < -0.4 is 5.32 Å². The molecule has 6 heteroatoms. The number of anilines is 1. The van der Waals surface area contributed by atoms with Gasteiger partial charge in [0.05, 0.1) is 16.3 Å². The fourth-order valence-corrected chi connectivity index (χ4v) is 1.89. The monoisotopic (exact) mass is 361 g/mol. The maximum absolute atomic E-state index is 13.2. The molecule has 1 aromatic carbocycles. The Hall–Kier alpha value is -1.14. The summed E-state index contributed by atoms with van der Waals surface area (Å²) in [7, 11) is 0. The van der Waals surface area contributed by atoms with Crippen LogP contribution >= 0.6 is 31.9 Å². The van der Waals surface area contributed by atoms with Gasteiger partial charge in [0.1, 0.15) is 5.82 Å². The molecule has 17 heavy (non-hydrogen) atoms. The SMILES string of the molecule is O=C(Nc1ccc(Br)c(F)c1)c1ccoc1Br. The number of furan rings is 1. The Morgan fingerprint density at radius 1 is 1.29 bits per heavy atom. The zero-order valence-electron chi connectivity index (χ0n) is 8.34. The summed E-state index contributed by atoms with van der Waals surface area (Å²) >= 11 is 6.13. The van der Waals surface area contributed by atoms with Gasteiger partial charge < -0.3 is 9.73 Å². The van der Waals surface area contributed by atoms with Gasteiger partial charge in [-0.2, -0.15) is 0 Å². The average Bonchev–Trinajstić information content (AvgIpc) is 2.70. The van der Waals surface area contributed by atoms with E-state index in [4.69, 9.17) is 4.42 Å². The summed E-state index contributed by atoms with van der Waals surface area (Å²) in [5.41, 5.74) is 0.733. The minimum absolute atomic E-state index is 0.340. The Morgan fingerprint density at radius 2 is 2.06 bits per heavy atom. The molecule has 3 nitrogen and oxygen atoms in total. The Kier molecular flexibility index (Phi) is 3.63. The molecule has 2 aromatic rings. The number of carbonyl (C=O) groups excluding carboxylic acids is 1. The summed E-state index contributed by atoms with van der Waals surface area (Å²) in [6.07, 6.45) is 1.39. The predicted octanol–water partition coefficient (Wildman–Crippen LogP) is 4.20. The number of rotatable bonds is 2. The largest absolute Gasteiger partial charge is 0.457 e. The second-order valence-corrected chi connectivity index (χ2v) is 4.77. The van der Waals surface area contributed by atoms with Crippen LogP contribution in [-0.2, 0) is 0 Å². The van der Waals surface area contributed by atoms with E-state index in [0.717, 1.165) is 0 Å². The molecule has 0 unspecified atom stereocenters. The summed E-state index contributed by atoms with van der Waals surface area (Å²) in [5, 5.41) is 2.56. The van der Waals surface area contributed by atoms with Gasteiger partial charge in [-0.05, 0) is 56.1 Å². The summed E-state index contributed by atoms with van der Waals surface area (Å²) in [4.78, 5) is 11.8. The molecule has 0 atom stereocenters. The Balaban J connectivity index is 2.19. The van der Waals surface area contributed by atoms with Gasteiger partial charge in [-0.15, -0.1) is 0 Å². The van der Waals surface area contributed by atoms with Crippen molar-refractivity contribution in [1.82, 2.24) is 0 Å². The fourth-order valence-electron chi connectivity index (χ4n) is 1.23. The van der Waals surface area contributed by atoms with Crippen molar-refractivity contribution in [1.29, 1.82) is 0 Å². The lowest BCUT2D eigenvalue weighted by Gasteiger charge is -2.04. The van der Waals surface area contributed by atoms with Crippen LogP contribution in [0.4, 0.5) is 10.1 Å². The number of carbonyl (C=O) groups is 1. The fraction of sp³-hybridized carbons (Fsp3) is 0. The Bertz CT molecular complexity index is 568. The standard InChI is InChI=1S/C11H6Br2FNO2/c12-8-2-1-6(5-9(8)14)15-11(16)7-3-4-17-10(7)13/h1-5H,(H,15,16). The molecule has 0 saturated heterocycles. The maximum Gasteiger partial charge on any atom is 0.260 e. The average molecular weight is 363 g/mol. The van der Waals surface area contributed by atoms with Crippen LogP contribution in [-0.4, -0.2) is 5.91 Å². The smallest absolute Gasteiger partial charge is 0.260 e. The first-order chi connectivity index (χ1) is 8.08. The number of benzene rings is 1. The first-order valence-corrected chi connectivity index (χ1v) is 6.16. The second kappa shape index (κ2) is 5.01. The summed E-state index contributed by atoms with van der Waals surface area (Å²) < 4.78 is 18.9. The molecule has 0 aliphatic rings. The van der Waals surface area contributed by atoms with E-state index in [-0.39, 0.29) is 5.91 Å². The first kappa shape index (κ1) is 12.3. The molecule has 0 radical (unpaired) electrons. The number of hydrogen-bond donors (Lipinski definition) is 1. The van der Waals surface area contributed by atoms with E-state index in [1.54, 1.807) is 6.07 Å². The normalized spacial score (nSPS) is 10.3. The molecular formula is C11H6Br2FNO2. The molecule has 1 heterocycles. The van der Waals surface area contributed by atoms with Crippen molar-refractivity contribution < 1.29 is 13.6 Å². The van der Waals surface area contributed by atoms with E-state index in [2.05, 4.69) is 37.2 Å². The summed E-state index contributed by atoms with van der Waals surface area (Å²) in [6, 6.07) is 5.87. The van der Waals surface area contributed by atoms with Crippen molar-refractivity contribution in [3.05, 3.63) is 51.1 Å². The van der Waals surface area contributed by atoms with Crippen LogP contribution in [0.15, 0.2) is 44.1 Å². The zero-order valence-corrected chi connectivity index (χ0v) is 11.5. The van der Waals surface area contributed by atoms with Crippen LogP contribution in [0.2, 0.25) is 0 Å². The minimum Gasteiger partial charge on any atom is -0.457 e.